The van der Waals surface area contributed by atoms with E-state index >= 15 is 0 Å². The molecule has 0 bridgehead atoms. The molecule has 1 fully saturated rings. The Morgan fingerprint density at radius 2 is 1.88 bits per heavy atom. The van der Waals surface area contributed by atoms with Crippen molar-refractivity contribution >= 4 is 11.6 Å². The summed E-state index contributed by atoms with van der Waals surface area (Å²) in [6.07, 6.45) is 7.34. The summed E-state index contributed by atoms with van der Waals surface area (Å²) in [5.41, 5.74) is -0.347. The van der Waals surface area contributed by atoms with E-state index in [1.807, 2.05) is 20.8 Å². The Kier molecular flexibility index (Phi) is 6.36. The van der Waals surface area contributed by atoms with Crippen molar-refractivity contribution in [2.24, 2.45) is 11.3 Å². The Bertz CT molecular complexity index is 565. The van der Waals surface area contributed by atoms with Crippen molar-refractivity contribution < 1.29 is 13.6 Å². The smallest absolute Gasteiger partial charge is 0.232 e. The summed E-state index contributed by atoms with van der Waals surface area (Å²) in [6.45, 7) is 6.38. The molecule has 1 aliphatic carbocycles. The number of carbonyl (C=O) groups is 1. The van der Waals surface area contributed by atoms with Crippen molar-refractivity contribution in [1.82, 2.24) is 0 Å². The van der Waals surface area contributed by atoms with Crippen molar-refractivity contribution in [3.8, 4) is 0 Å². The molecule has 0 heterocycles. The van der Waals surface area contributed by atoms with Gasteiger partial charge < -0.3 is 4.90 Å². The first kappa shape index (κ1) is 18.9. The molecule has 134 valence electrons. The fourth-order valence-electron chi connectivity index (χ4n) is 3.72. The second kappa shape index (κ2) is 8.09. The SMILES string of the molecule is CCCC(C)(C)C(=O)N(CC1CCCCC1)c1ccc(F)cc1F. The summed E-state index contributed by atoms with van der Waals surface area (Å²) in [7, 11) is 0. The standard InChI is InChI=1S/C20H29F2NO/c1-4-12-20(2,3)19(24)23(14-15-8-6-5-7-9-15)18-11-10-16(21)13-17(18)22/h10-11,13,15H,4-9,12,14H2,1-3H3. The number of hydrogen-bond donors (Lipinski definition) is 0. The number of anilines is 1. The predicted molar refractivity (Wildman–Crippen MR) is 94.0 cm³/mol. The van der Waals surface area contributed by atoms with Crippen molar-refractivity contribution in [3.05, 3.63) is 29.8 Å². The number of hydrogen-bond acceptors (Lipinski definition) is 1. The number of nitrogens with zero attached hydrogens (tertiary/aromatic N) is 1. The third kappa shape index (κ3) is 4.55. The number of halogens is 2. The maximum atomic E-state index is 14.4. The van der Waals surface area contributed by atoms with Crippen LogP contribution in [-0.2, 0) is 4.79 Å². The van der Waals surface area contributed by atoms with E-state index in [1.54, 1.807) is 4.90 Å². The molecule has 0 aliphatic heterocycles. The molecule has 0 N–H and O–H groups in total. The molecule has 1 aromatic carbocycles. The molecular weight excluding hydrogens is 308 g/mol. The summed E-state index contributed by atoms with van der Waals surface area (Å²) >= 11 is 0. The largest absolute Gasteiger partial charge is 0.309 e. The quantitative estimate of drug-likeness (QED) is 0.651. The Hall–Kier alpha value is -1.45. The van der Waals surface area contributed by atoms with Crippen molar-refractivity contribution in [1.29, 1.82) is 0 Å². The molecule has 2 rings (SSSR count). The zero-order valence-electron chi connectivity index (χ0n) is 15.1. The Morgan fingerprint density at radius 3 is 2.46 bits per heavy atom. The second-order valence-electron chi connectivity index (χ2n) is 7.65. The highest BCUT2D eigenvalue weighted by Gasteiger charge is 2.34. The first-order valence-electron chi connectivity index (χ1n) is 9.12. The van der Waals surface area contributed by atoms with E-state index < -0.39 is 17.0 Å². The van der Waals surface area contributed by atoms with E-state index in [4.69, 9.17) is 0 Å². The lowest BCUT2D eigenvalue weighted by molar-refractivity contribution is -0.127. The van der Waals surface area contributed by atoms with Gasteiger partial charge in [0.05, 0.1) is 5.69 Å². The van der Waals surface area contributed by atoms with Crippen molar-refractivity contribution in [2.45, 2.75) is 65.7 Å². The van der Waals surface area contributed by atoms with Gasteiger partial charge in [0.15, 0.2) is 0 Å². The van der Waals surface area contributed by atoms with Gasteiger partial charge in [-0.25, -0.2) is 8.78 Å². The summed E-state index contributed by atoms with van der Waals surface area (Å²) in [4.78, 5) is 14.7. The maximum absolute atomic E-state index is 14.4. The van der Waals surface area contributed by atoms with Gasteiger partial charge in [0.2, 0.25) is 5.91 Å². The van der Waals surface area contributed by atoms with Crippen LogP contribution < -0.4 is 4.90 Å². The lowest BCUT2D eigenvalue weighted by atomic mass is 9.84. The van der Waals surface area contributed by atoms with Gasteiger partial charge in [-0.2, -0.15) is 0 Å². The first-order valence-corrected chi connectivity index (χ1v) is 9.12. The minimum absolute atomic E-state index is 0.0690. The maximum Gasteiger partial charge on any atom is 0.232 e. The number of amides is 1. The molecule has 1 saturated carbocycles. The van der Waals surface area contributed by atoms with Crippen molar-refractivity contribution in [2.75, 3.05) is 11.4 Å². The van der Waals surface area contributed by atoms with E-state index in [2.05, 4.69) is 0 Å². The minimum Gasteiger partial charge on any atom is -0.309 e. The van der Waals surface area contributed by atoms with Gasteiger partial charge in [0.1, 0.15) is 11.6 Å². The van der Waals surface area contributed by atoms with Crippen molar-refractivity contribution in [3.63, 3.8) is 0 Å². The van der Waals surface area contributed by atoms with Gasteiger partial charge in [-0.05, 0) is 37.3 Å². The second-order valence-corrected chi connectivity index (χ2v) is 7.65. The number of rotatable bonds is 6. The van der Waals surface area contributed by atoms with Crippen LogP contribution in [-0.4, -0.2) is 12.5 Å². The monoisotopic (exact) mass is 337 g/mol. The molecule has 1 amide bonds. The van der Waals surface area contributed by atoms with E-state index in [1.165, 1.54) is 18.6 Å². The fraction of sp³-hybridized carbons (Fsp3) is 0.650. The van der Waals surface area contributed by atoms with Crippen LogP contribution in [0, 0.1) is 23.0 Å². The van der Waals surface area contributed by atoms with Gasteiger partial charge in [-0.1, -0.05) is 46.5 Å². The Labute approximate surface area is 144 Å². The molecule has 0 radical (unpaired) electrons. The zero-order valence-corrected chi connectivity index (χ0v) is 15.1. The summed E-state index contributed by atoms with van der Waals surface area (Å²) in [5.74, 6) is -0.953. The van der Waals surface area contributed by atoms with Crippen LogP contribution in [0.3, 0.4) is 0 Å². The molecule has 0 atom stereocenters. The zero-order chi connectivity index (χ0) is 17.7. The average Bonchev–Trinajstić information content (AvgIpc) is 2.53. The molecular formula is C20H29F2NO. The fourth-order valence-corrected chi connectivity index (χ4v) is 3.72. The first-order chi connectivity index (χ1) is 11.3. The van der Waals surface area contributed by atoms with Gasteiger partial charge in [-0.15, -0.1) is 0 Å². The minimum atomic E-state index is -0.661. The topological polar surface area (TPSA) is 20.3 Å². The molecule has 0 saturated heterocycles. The number of carbonyl (C=O) groups excluding carboxylic acids is 1. The van der Waals surface area contributed by atoms with Gasteiger partial charge in [0.25, 0.3) is 0 Å². The van der Waals surface area contributed by atoms with Gasteiger partial charge in [-0.3, -0.25) is 4.79 Å². The third-order valence-electron chi connectivity index (χ3n) is 5.07. The van der Waals surface area contributed by atoms with Crippen LogP contribution in [0.1, 0.15) is 65.7 Å². The molecule has 1 aromatic rings. The highest BCUT2D eigenvalue weighted by molar-refractivity contribution is 5.97. The molecule has 2 nitrogen and oxygen atoms in total. The Balaban J connectivity index is 2.31. The van der Waals surface area contributed by atoms with E-state index in [0.29, 0.717) is 12.5 Å². The Morgan fingerprint density at radius 1 is 1.21 bits per heavy atom. The average molecular weight is 337 g/mol. The van der Waals surface area contributed by atoms with Gasteiger partial charge >= 0.3 is 0 Å². The molecule has 1 aliphatic rings. The summed E-state index contributed by atoms with van der Waals surface area (Å²) < 4.78 is 27.6. The summed E-state index contributed by atoms with van der Waals surface area (Å²) in [5, 5.41) is 0. The normalized spacial score (nSPS) is 16.2. The van der Waals surface area contributed by atoms with E-state index in [9.17, 15) is 13.6 Å². The van der Waals surface area contributed by atoms with Gasteiger partial charge in [0, 0.05) is 18.0 Å². The van der Waals surface area contributed by atoms with Crippen LogP contribution in [0.25, 0.3) is 0 Å². The van der Waals surface area contributed by atoms with E-state index in [0.717, 1.165) is 44.6 Å². The molecule has 24 heavy (non-hydrogen) atoms. The number of benzene rings is 1. The van der Waals surface area contributed by atoms with Crippen LogP contribution in [0.4, 0.5) is 14.5 Å². The molecule has 0 aromatic heterocycles. The lowest BCUT2D eigenvalue weighted by Crippen LogP contribution is -2.44. The third-order valence-corrected chi connectivity index (χ3v) is 5.07. The lowest BCUT2D eigenvalue weighted by Gasteiger charge is -2.35. The van der Waals surface area contributed by atoms with E-state index in [-0.39, 0.29) is 11.6 Å². The van der Waals surface area contributed by atoms with Crippen LogP contribution in [0.15, 0.2) is 18.2 Å². The molecule has 0 spiro atoms. The van der Waals surface area contributed by atoms with Crippen LogP contribution >= 0.6 is 0 Å². The predicted octanol–water partition coefficient (Wildman–Crippen LogP) is 5.70. The summed E-state index contributed by atoms with van der Waals surface area (Å²) in [6, 6.07) is 3.49. The molecule has 0 unspecified atom stereocenters. The highest BCUT2D eigenvalue weighted by atomic mass is 19.1. The molecule has 4 heteroatoms. The highest BCUT2D eigenvalue weighted by Crippen LogP contribution is 2.33. The van der Waals surface area contributed by atoms with Crippen LogP contribution in [0.2, 0.25) is 0 Å². The van der Waals surface area contributed by atoms with Crippen LogP contribution in [0.5, 0.6) is 0 Å².